The number of nitrogens with zero attached hydrogens (tertiary/aromatic N) is 1. The summed E-state index contributed by atoms with van der Waals surface area (Å²) in [6.07, 6.45) is 8.18. The van der Waals surface area contributed by atoms with Gasteiger partial charge in [0.25, 0.3) is 0 Å². The van der Waals surface area contributed by atoms with Crippen molar-refractivity contribution in [2.75, 3.05) is 32.8 Å². The quantitative estimate of drug-likeness (QED) is 0.456. The molecule has 128 valence electrons. The van der Waals surface area contributed by atoms with E-state index in [2.05, 4.69) is 18.7 Å². The van der Waals surface area contributed by atoms with E-state index in [1.54, 1.807) is 0 Å². The minimum Gasteiger partial charge on any atom is -0.481 e. The summed E-state index contributed by atoms with van der Waals surface area (Å²) < 4.78 is 0. The molecule has 0 amide bonds. The van der Waals surface area contributed by atoms with Crippen molar-refractivity contribution in [2.45, 2.75) is 65.2 Å². The van der Waals surface area contributed by atoms with Crippen LogP contribution in [-0.2, 0) is 4.79 Å². The molecule has 5 heteroatoms. The highest BCUT2D eigenvalue weighted by atomic mass is 16.4. The largest absolute Gasteiger partial charge is 0.481 e. The fourth-order valence-corrected chi connectivity index (χ4v) is 1.88. The molecule has 0 aliphatic heterocycles. The van der Waals surface area contributed by atoms with Crippen molar-refractivity contribution in [3.63, 3.8) is 0 Å². The molecule has 0 aromatic carbocycles. The maximum absolute atomic E-state index is 10.0. The van der Waals surface area contributed by atoms with Crippen LogP contribution in [0, 0.1) is 0 Å². The number of rotatable bonds is 13. The number of carbonyl (C=O) groups is 1. The van der Waals surface area contributed by atoms with E-state index in [-0.39, 0.29) is 13.2 Å². The van der Waals surface area contributed by atoms with Gasteiger partial charge in [-0.3, -0.25) is 9.69 Å². The Balaban J connectivity index is 0. The van der Waals surface area contributed by atoms with Crippen molar-refractivity contribution < 1.29 is 20.1 Å². The fourth-order valence-electron chi connectivity index (χ4n) is 1.88. The van der Waals surface area contributed by atoms with Gasteiger partial charge in [0.1, 0.15) is 0 Å². The second kappa shape index (κ2) is 19.4. The van der Waals surface area contributed by atoms with Crippen molar-refractivity contribution in [1.29, 1.82) is 0 Å². The molecule has 0 saturated carbocycles. The Labute approximate surface area is 130 Å². The Morgan fingerprint density at radius 2 is 1.33 bits per heavy atom. The van der Waals surface area contributed by atoms with Crippen LogP contribution < -0.4 is 0 Å². The lowest BCUT2D eigenvalue weighted by atomic mass is 10.1. The molecule has 21 heavy (non-hydrogen) atoms. The molecule has 0 bridgehead atoms. The predicted octanol–water partition coefficient (Wildman–Crippen LogP) is 2.50. The Morgan fingerprint density at radius 3 is 1.76 bits per heavy atom. The molecule has 0 unspecified atom stereocenters. The van der Waals surface area contributed by atoms with E-state index < -0.39 is 5.97 Å². The molecule has 0 aromatic rings. The van der Waals surface area contributed by atoms with Gasteiger partial charge in [0.05, 0.1) is 13.2 Å². The molecular weight excluding hydrogens is 270 g/mol. The number of aliphatic hydroxyl groups excluding tert-OH is 2. The number of carboxylic acids is 1. The summed E-state index contributed by atoms with van der Waals surface area (Å²) >= 11 is 0. The third kappa shape index (κ3) is 21.8. The van der Waals surface area contributed by atoms with Gasteiger partial charge < -0.3 is 15.3 Å². The molecule has 0 spiro atoms. The number of aliphatic carboxylic acids is 1. The summed E-state index contributed by atoms with van der Waals surface area (Å²) in [4.78, 5) is 12.1. The van der Waals surface area contributed by atoms with Gasteiger partial charge in [-0.1, -0.05) is 46.0 Å². The second-order valence-electron chi connectivity index (χ2n) is 5.20. The summed E-state index contributed by atoms with van der Waals surface area (Å²) in [7, 11) is 0. The minimum atomic E-state index is -0.670. The molecule has 5 nitrogen and oxygen atoms in total. The van der Waals surface area contributed by atoms with Crippen LogP contribution in [0.4, 0.5) is 0 Å². The van der Waals surface area contributed by atoms with Gasteiger partial charge >= 0.3 is 5.97 Å². The Bertz CT molecular complexity index is 206. The second-order valence-corrected chi connectivity index (χ2v) is 5.20. The normalized spacial score (nSPS) is 10.3. The van der Waals surface area contributed by atoms with Gasteiger partial charge in [0, 0.05) is 19.5 Å². The first-order valence-corrected chi connectivity index (χ1v) is 8.28. The average Bonchev–Trinajstić information content (AvgIpc) is 2.45. The van der Waals surface area contributed by atoms with Gasteiger partial charge in [-0.25, -0.2) is 0 Å². The van der Waals surface area contributed by atoms with Crippen molar-refractivity contribution in [2.24, 2.45) is 0 Å². The number of carboxylic acid groups (broad SMARTS) is 1. The molecular formula is C16H35NO4. The Morgan fingerprint density at radius 1 is 0.810 bits per heavy atom. The number of hydrogen-bond acceptors (Lipinski definition) is 4. The van der Waals surface area contributed by atoms with E-state index in [9.17, 15) is 4.79 Å². The van der Waals surface area contributed by atoms with Crippen LogP contribution in [0.25, 0.3) is 0 Å². The average molecular weight is 305 g/mol. The van der Waals surface area contributed by atoms with Gasteiger partial charge in [0.15, 0.2) is 0 Å². The van der Waals surface area contributed by atoms with E-state index >= 15 is 0 Å². The lowest BCUT2D eigenvalue weighted by molar-refractivity contribution is -0.137. The molecule has 0 aliphatic carbocycles. The highest BCUT2D eigenvalue weighted by Crippen LogP contribution is 2.04. The number of aliphatic hydroxyl groups is 2. The zero-order valence-corrected chi connectivity index (χ0v) is 13.9. The van der Waals surface area contributed by atoms with Crippen LogP contribution in [0.2, 0.25) is 0 Å². The van der Waals surface area contributed by atoms with Gasteiger partial charge in [0.2, 0.25) is 0 Å². The zero-order valence-electron chi connectivity index (χ0n) is 13.9. The van der Waals surface area contributed by atoms with Gasteiger partial charge in [-0.2, -0.15) is 0 Å². The monoisotopic (exact) mass is 305 g/mol. The van der Waals surface area contributed by atoms with Crippen LogP contribution in [0.15, 0.2) is 0 Å². The van der Waals surface area contributed by atoms with Crippen LogP contribution >= 0.6 is 0 Å². The summed E-state index contributed by atoms with van der Waals surface area (Å²) in [6, 6.07) is 0. The summed E-state index contributed by atoms with van der Waals surface area (Å²) in [5.74, 6) is -0.670. The van der Waals surface area contributed by atoms with E-state index in [0.29, 0.717) is 19.5 Å². The number of unbranched alkanes of at least 4 members (excludes halogenated alkanes) is 5. The molecule has 0 radical (unpaired) electrons. The first-order valence-electron chi connectivity index (χ1n) is 8.28. The third-order valence-corrected chi connectivity index (χ3v) is 3.15. The van der Waals surface area contributed by atoms with E-state index in [0.717, 1.165) is 32.2 Å². The minimum absolute atomic E-state index is 0.184. The summed E-state index contributed by atoms with van der Waals surface area (Å²) in [5.41, 5.74) is 0. The van der Waals surface area contributed by atoms with Gasteiger partial charge in [-0.05, 0) is 19.4 Å². The first-order chi connectivity index (χ1) is 10.1. The van der Waals surface area contributed by atoms with E-state index in [1.165, 1.54) is 19.3 Å². The standard InChI is InChI=1S/C8H19NO2.C8H16O2/c1-2-3-4-9(5-7-10)6-8-11;1-2-3-4-5-6-7-8(9)10/h10-11H,2-8H2,1H3;2-7H2,1H3,(H,9,10). The van der Waals surface area contributed by atoms with Gasteiger partial charge in [-0.15, -0.1) is 0 Å². The Hall–Kier alpha value is -0.650. The lowest BCUT2D eigenvalue weighted by Gasteiger charge is -2.19. The van der Waals surface area contributed by atoms with Crippen molar-refractivity contribution >= 4 is 5.97 Å². The Kier molecular flexibility index (Phi) is 20.9. The van der Waals surface area contributed by atoms with Crippen molar-refractivity contribution in [3.8, 4) is 0 Å². The van der Waals surface area contributed by atoms with Crippen LogP contribution in [-0.4, -0.2) is 59.0 Å². The van der Waals surface area contributed by atoms with Crippen molar-refractivity contribution in [1.82, 2.24) is 4.90 Å². The molecule has 0 heterocycles. The molecule has 3 N–H and O–H groups in total. The molecule has 0 fully saturated rings. The molecule has 0 atom stereocenters. The molecule has 0 aromatic heterocycles. The van der Waals surface area contributed by atoms with E-state index in [1.807, 2.05) is 0 Å². The molecule has 0 aliphatic rings. The van der Waals surface area contributed by atoms with Crippen molar-refractivity contribution in [3.05, 3.63) is 0 Å². The highest BCUT2D eigenvalue weighted by molar-refractivity contribution is 5.66. The maximum Gasteiger partial charge on any atom is 0.303 e. The smallest absolute Gasteiger partial charge is 0.303 e. The zero-order chi connectivity index (χ0) is 16.3. The molecule has 0 saturated heterocycles. The maximum atomic E-state index is 10.0. The SMILES string of the molecule is CCCCCCCC(=O)O.CCCCN(CCO)CCO. The highest BCUT2D eigenvalue weighted by Gasteiger charge is 2.00. The lowest BCUT2D eigenvalue weighted by Crippen LogP contribution is -2.30. The van der Waals surface area contributed by atoms with Crippen LogP contribution in [0.5, 0.6) is 0 Å². The number of hydrogen-bond donors (Lipinski definition) is 3. The topological polar surface area (TPSA) is 81.0 Å². The first kappa shape index (κ1) is 22.6. The predicted molar refractivity (Wildman–Crippen MR) is 86.5 cm³/mol. The third-order valence-electron chi connectivity index (χ3n) is 3.15. The van der Waals surface area contributed by atoms with Crippen LogP contribution in [0.1, 0.15) is 65.2 Å². The molecule has 0 rings (SSSR count). The van der Waals surface area contributed by atoms with E-state index in [4.69, 9.17) is 15.3 Å². The summed E-state index contributed by atoms with van der Waals surface area (Å²) in [6.45, 7) is 7.00. The fraction of sp³-hybridized carbons (Fsp3) is 0.938. The van der Waals surface area contributed by atoms with Crippen LogP contribution in [0.3, 0.4) is 0 Å². The summed E-state index contributed by atoms with van der Waals surface area (Å²) in [5, 5.41) is 25.5.